The number of unbranched alkanes of at least 4 members (excludes halogenated alkanes) is 9. The van der Waals surface area contributed by atoms with Gasteiger partial charge in [-0.15, -0.1) is 6.58 Å². The summed E-state index contributed by atoms with van der Waals surface area (Å²) >= 11 is 1.83. The number of guanidine groups is 2. The first-order chi connectivity index (χ1) is 17.9. The van der Waals surface area contributed by atoms with Crippen LogP contribution in [0.2, 0.25) is 0 Å². The van der Waals surface area contributed by atoms with Crippen molar-refractivity contribution in [1.82, 2.24) is 9.80 Å². The molecule has 3 atom stereocenters. The van der Waals surface area contributed by atoms with Gasteiger partial charge in [-0.05, 0) is 57.9 Å². The zero-order valence-corrected chi connectivity index (χ0v) is 23.9. The van der Waals surface area contributed by atoms with Crippen LogP contribution in [0.15, 0.2) is 22.6 Å². The van der Waals surface area contributed by atoms with Gasteiger partial charge in [0.2, 0.25) is 0 Å². The molecule has 3 unspecified atom stereocenters. The molecule has 0 aromatic carbocycles. The Morgan fingerprint density at radius 1 is 0.892 bits per heavy atom. The molecule has 0 aliphatic carbocycles. The third-order valence-electron chi connectivity index (χ3n) is 7.62. The molecule has 0 aromatic heterocycles. The number of thioether (sulfide) groups is 1. The van der Waals surface area contributed by atoms with E-state index >= 15 is 0 Å². The van der Waals surface area contributed by atoms with Crippen molar-refractivity contribution in [3.63, 3.8) is 0 Å². The van der Waals surface area contributed by atoms with E-state index in [9.17, 15) is 5.11 Å². The fraction of sp³-hybridized carbons (Fsp3) is 0.852. The molecule has 2 aliphatic heterocycles. The summed E-state index contributed by atoms with van der Waals surface area (Å²) in [6.45, 7) is 8.11. The van der Waals surface area contributed by atoms with E-state index in [1.807, 2.05) is 17.8 Å². The van der Waals surface area contributed by atoms with E-state index in [0.29, 0.717) is 13.1 Å². The van der Waals surface area contributed by atoms with Crippen LogP contribution in [0.5, 0.6) is 0 Å². The quantitative estimate of drug-likeness (QED) is 0.0686. The predicted octanol–water partition coefficient (Wildman–Crippen LogP) is 2.93. The van der Waals surface area contributed by atoms with Gasteiger partial charge < -0.3 is 28.0 Å². The maximum Gasteiger partial charge on any atom is 0.185 e. The largest absolute Gasteiger partial charge is 0.374 e. The van der Waals surface area contributed by atoms with E-state index in [1.165, 1.54) is 44.9 Å². The van der Waals surface area contributed by atoms with Gasteiger partial charge in [0.05, 0.1) is 18.0 Å². The Kier molecular flexibility index (Phi) is 15.4. The van der Waals surface area contributed by atoms with Gasteiger partial charge in [-0.2, -0.15) is 11.8 Å². The van der Waals surface area contributed by atoms with E-state index < -0.39 is 5.72 Å². The standard InChI is InChI=1S/C27H54N8OS/c1-2-3-4-5-6-7-8-9-10-11-15-27(36)23(37-21-17-33-26(30)31)22-24-34(19-14-20-35(24)27)18-13-12-16-32-25(28)29/h2,23-24,36H,1,3-22H2,(H4,28,29,32)(H4,30,31,33). The van der Waals surface area contributed by atoms with E-state index in [-0.39, 0.29) is 23.3 Å². The molecular formula is C27H54N8OS. The number of hydrogen-bond acceptors (Lipinski definition) is 6. The zero-order valence-electron chi connectivity index (χ0n) is 23.0. The van der Waals surface area contributed by atoms with Crippen molar-refractivity contribution in [2.45, 2.75) is 107 Å². The number of hydrogen-bond donors (Lipinski definition) is 5. The molecule has 0 radical (unpaired) electrons. The lowest BCUT2D eigenvalue weighted by molar-refractivity contribution is -0.136. The van der Waals surface area contributed by atoms with E-state index in [4.69, 9.17) is 22.9 Å². The summed E-state index contributed by atoms with van der Waals surface area (Å²) in [4.78, 5) is 13.2. The van der Waals surface area contributed by atoms with Crippen molar-refractivity contribution in [2.24, 2.45) is 32.9 Å². The van der Waals surface area contributed by atoms with Crippen LogP contribution in [0.3, 0.4) is 0 Å². The van der Waals surface area contributed by atoms with Gasteiger partial charge in [-0.25, -0.2) is 0 Å². The minimum Gasteiger partial charge on any atom is -0.374 e. The molecule has 2 rings (SSSR count). The van der Waals surface area contributed by atoms with Crippen molar-refractivity contribution in [1.29, 1.82) is 0 Å². The van der Waals surface area contributed by atoms with E-state index in [0.717, 1.165) is 70.3 Å². The summed E-state index contributed by atoms with van der Waals surface area (Å²) in [7, 11) is 0. The molecule has 0 spiro atoms. The summed E-state index contributed by atoms with van der Waals surface area (Å²) in [5, 5.41) is 12.3. The van der Waals surface area contributed by atoms with Crippen LogP contribution < -0.4 is 22.9 Å². The molecule has 0 bridgehead atoms. The summed E-state index contributed by atoms with van der Waals surface area (Å²) < 4.78 is 0. The van der Waals surface area contributed by atoms with Gasteiger partial charge in [0.15, 0.2) is 11.9 Å². The zero-order chi connectivity index (χ0) is 26.9. The Balaban J connectivity index is 1.87. The molecule has 2 fully saturated rings. The lowest BCUT2D eigenvalue weighted by Crippen LogP contribution is -2.59. The number of allylic oxidation sites excluding steroid dienone is 1. The Morgan fingerprint density at radius 2 is 1.54 bits per heavy atom. The lowest BCUT2D eigenvalue weighted by Gasteiger charge is -2.46. The Labute approximate surface area is 229 Å². The minimum absolute atomic E-state index is 0.132. The highest BCUT2D eigenvalue weighted by atomic mass is 32.2. The third kappa shape index (κ3) is 11.4. The number of aliphatic hydroxyl groups is 1. The van der Waals surface area contributed by atoms with Crippen LogP contribution in [0.1, 0.15) is 89.9 Å². The number of nitrogens with two attached hydrogens (primary N) is 4. The second-order valence-corrected chi connectivity index (χ2v) is 11.8. The lowest BCUT2D eigenvalue weighted by atomic mass is 9.99. The summed E-state index contributed by atoms with van der Waals surface area (Å²) in [6, 6.07) is 0. The smallest absolute Gasteiger partial charge is 0.185 e. The highest BCUT2D eigenvalue weighted by molar-refractivity contribution is 8.00. The molecule has 0 amide bonds. The van der Waals surface area contributed by atoms with Crippen molar-refractivity contribution in [2.75, 3.05) is 38.5 Å². The first-order valence-electron chi connectivity index (χ1n) is 14.4. The maximum atomic E-state index is 12.1. The summed E-state index contributed by atoms with van der Waals surface area (Å²) in [6.07, 6.45) is 18.4. The second-order valence-electron chi connectivity index (χ2n) is 10.5. The fourth-order valence-corrected chi connectivity index (χ4v) is 7.05. The molecule has 2 aliphatic rings. The van der Waals surface area contributed by atoms with Crippen LogP contribution in [0, 0.1) is 0 Å². The number of nitrogens with zero attached hydrogens (tertiary/aromatic N) is 4. The van der Waals surface area contributed by atoms with Gasteiger partial charge >= 0.3 is 0 Å². The monoisotopic (exact) mass is 538 g/mol. The molecule has 214 valence electrons. The summed E-state index contributed by atoms with van der Waals surface area (Å²) in [5.41, 5.74) is 21.2. The number of aliphatic imine (C=N–C) groups is 2. The van der Waals surface area contributed by atoms with Crippen LogP contribution >= 0.6 is 11.8 Å². The average molecular weight is 539 g/mol. The van der Waals surface area contributed by atoms with Crippen LogP contribution in [0.4, 0.5) is 0 Å². The normalized spacial score (nSPS) is 24.0. The molecule has 9 N–H and O–H groups in total. The van der Waals surface area contributed by atoms with Gasteiger partial charge in [0.1, 0.15) is 5.72 Å². The number of fused-ring (bicyclic) bond motifs is 1. The van der Waals surface area contributed by atoms with E-state index in [2.05, 4.69) is 26.4 Å². The second kappa shape index (κ2) is 17.9. The van der Waals surface area contributed by atoms with Crippen LogP contribution in [-0.2, 0) is 0 Å². The molecule has 0 aromatic rings. The highest BCUT2D eigenvalue weighted by Crippen LogP contribution is 2.45. The molecule has 10 heteroatoms. The van der Waals surface area contributed by atoms with Gasteiger partial charge in [0.25, 0.3) is 0 Å². The SMILES string of the molecule is C=CCCCCCCCCCCC1(O)C(SCCN=C(N)N)CC2N(CCCCN=C(N)N)CCCN21. The van der Waals surface area contributed by atoms with Crippen molar-refractivity contribution in [3.8, 4) is 0 Å². The van der Waals surface area contributed by atoms with Gasteiger partial charge in [-0.1, -0.05) is 44.6 Å². The molecule has 2 saturated heterocycles. The molecule has 37 heavy (non-hydrogen) atoms. The van der Waals surface area contributed by atoms with Crippen molar-refractivity contribution >= 4 is 23.7 Å². The topological polar surface area (TPSA) is 156 Å². The molecular weight excluding hydrogens is 484 g/mol. The average Bonchev–Trinajstić information content (AvgIpc) is 3.15. The maximum absolute atomic E-state index is 12.1. The molecule has 9 nitrogen and oxygen atoms in total. The van der Waals surface area contributed by atoms with Gasteiger partial charge in [0, 0.05) is 25.4 Å². The highest BCUT2D eigenvalue weighted by Gasteiger charge is 2.54. The van der Waals surface area contributed by atoms with Gasteiger partial charge in [-0.3, -0.25) is 19.8 Å². The fourth-order valence-electron chi connectivity index (χ4n) is 5.74. The number of rotatable bonds is 20. The Bertz CT molecular complexity index is 698. The van der Waals surface area contributed by atoms with Crippen LogP contribution in [-0.4, -0.2) is 82.4 Å². The molecule has 0 saturated carbocycles. The Hall–Kier alpha value is -1.49. The van der Waals surface area contributed by atoms with Crippen molar-refractivity contribution in [3.05, 3.63) is 12.7 Å². The van der Waals surface area contributed by atoms with E-state index in [1.54, 1.807) is 0 Å². The van der Waals surface area contributed by atoms with Crippen LogP contribution in [0.25, 0.3) is 0 Å². The Morgan fingerprint density at radius 3 is 2.22 bits per heavy atom. The first-order valence-corrected chi connectivity index (χ1v) is 15.5. The minimum atomic E-state index is -0.769. The molecule has 2 heterocycles. The first kappa shape index (κ1) is 31.7. The predicted molar refractivity (Wildman–Crippen MR) is 159 cm³/mol. The van der Waals surface area contributed by atoms with Crippen molar-refractivity contribution < 1.29 is 5.11 Å². The third-order valence-corrected chi connectivity index (χ3v) is 9.01. The summed E-state index contributed by atoms with van der Waals surface area (Å²) in [5.74, 6) is 1.11.